The molecule has 20 heavy (non-hydrogen) atoms. The fourth-order valence-corrected chi connectivity index (χ4v) is 3.75. The smallest absolute Gasteiger partial charge is 0.308 e. The van der Waals surface area contributed by atoms with Crippen molar-refractivity contribution in [2.45, 2.75) is 50.1 Å². The van der Waals surface area contributed by atoms with Crippen LogP contribution in [-0.4, -0.2) is 34.0 Å². The minimum absolute atomic E-state index is 0.0723. The maximum absolute atomic E-state index is 12.6. The summed E-state index contributed by atoms with van der Waals surface area (Å²) < 4.78 is 5.66. The first-order valence-corrected chi connectivity index (χ1v) is 7.30. The van der Waals surface area contributed by atoms with Crippen molar-refractivity contribution >= 4 is 11.9 Å². The Kier molecular flexibility index (Phi) is 2.46. The summed E-state index contributed by atoms with van der Waals surface area (Å²) in [5.74, 6) is 0.431. The molecular weight excluding hydrogens is 258 g/mol. The predicted octanol–water partition coefficient (Wildman–Crippen LogP) is 2.23. The number of carboxylic acid groups (broad SMARTS) is 1. The zero-order valence-electron chi connectivity index (χ0n) is 11.1. The van der Waals surface area contributed by atoms with Gasteiger partial charge < -0.3 is 14.4 Å². The Morgan fingerprint density at radius 1 is 1.20 bits per heavy atom. The van der Waals surface area contributed by atoms with E-state index in [2.05, 4.69) is 0 Å². The molecule has 3 fully saturated rings. The number of aliphatic carboxylic acids is 1. The van der Waals surface area contributed by atoms with Gasteiger partial charge in [-0.05, 0) is 44.2 Å². The number of fused-ring (bicyclic) bond motifs is 2. The Bertz CT molecular complexity index is 574. The van der Waals surface area contributed by atoms with Gasteiger partial charge in [0.25, 0.3) is 5.91 Å². The number of furan rings is 1. The molecule has 1 N–H and O–H groups in total. The molecule has 3 aliphatic rings. The van der Waals surface area contributed by atoms with Gasteiger partial charge in [0.2, 0.25) is 0 Å². The van der Waals surface area contributed by atoms with Crippen LogP contribution in [0.4, 0.5) is 0 Å². The Morgan fingerprint density at radius 2 is 2.00 bits per heavy atom. The molecule has 1 amide bonds. The fraction of sp³-hybridized carbons (Fsp3) is 0.600. The van der Waals surface area contributed by atoms with Crippen molar-refractivity contribution in [3.8, 4) is 0 Å². The summed E-state index contributed by atoms with van der Waals surface area (Å²) in [4.78, 5) is 25.6. The molecule has 2 aliphatic heterocycles. The second-order valence-corrected chi connectivity index (χ2v) is 6.17. The minimum atomic E-state index is -0.784. The van der Waals surface area contributed by atoms with Crippen molar-refractivity contribution in [2.75, 3.05) is 0 Å². The van der Waals surface area contributed by atoms with Gasteiger partial charge in [-0.2, -0.15) is 0 Å². The number of carboxylic acids is 1. The van der Waals surface area contributed by atoms with Crippen LogP contribution in [0.3, 0.4) is 0 Å². The van der Waals surface area contributed by atoms with Crippen LogP contribution < -0.4 is 0 Å². The zero-order valence-corrected chi connectivity index (χ0v) is 11.1. The van der Waals surface area contributed by atoms with Crippen molar-refractivity contribution in [2.24, 2.45) is 5.92 Å². The normalized spacial score (nSPS) is 31.8. The van der Waals surface area contributed by atoms with E-state index in [9.17, 15) is 14.7 Å². The highest BCUT2D eigenvalue weighted by atomic mass is 16.4. The van der Waals surface area contributed by atoms with Crippen LogP contribution in [0.1, 0.15) is 54.3 Å². The Balaban J connectivity index is 1.57. The first-order valence-electron chi connectivity index (χ1n) is 7.30. The summed E-state index contributed by atoms with van der Waals surface area (Å²) in [5.41, 5.74) is 0. The van der Waals surface area contributed by atoms with Gasteiger partial charge in [0.05, 0.1) is 5.92 Å². The maximum atomic E-state index is 12.6. The highest BCUT2D eigenvalue weighted by Crippen LogP contribution is 2.44. The second kappa shape index (κ2) is 4.11. The summed E-state index contributed by atoms with van der Waals surface area (Å²) in [6.45, 7) is 0. The fourth-order valence-electron chi connectivity index (χ4n) is 3.75. The van der Waals surface area contributed by atoms with Gasteiger partial charge >= 0.3 is 5.97 Å². The number of hydrogen-bond acceptors (Lipinski definition) is 3. The van der Waals surface area contributed by atoms with E-state index in [1.807, 2.05) is 6.07 Å². The zero-order chi connectivity index (χ0) is 13.9. The van der Waals surface area contributed by atoms with Gasteiger partial charge in [-0.15, -0.1) is 0 Å². The van der Waals surface area contributed by atoms with E-state index >= 15 is 0 Å². The van der Waals surface area contributed by atoms with Crippen LogP contribution in [0.5, 0.6) is 0 Å². The molecule has 5 nitrogen and oxygen atoms in total. The number of nitrogens with zero attached hydrogens (tertiary/aromatic N) is 1. The Hall–Kier alpha value is -1.78. The lowest BCUT2D eigenvalue weighted by atomic mass is 9.89. The number of hydrogen-bond donors (Lipinski definition) is 1. The second-order valence-electron chi connectivity index (χ2n) is 6.17. The lowest BCUT2D eigenvalue weighted by molar-refractivity contribution is -0.142. The highest BCUT2D eigenvalue weighted by Gasteiger charge is 2.52. The third-order valence-electron chi connectivity index (χ3n) is 4.91. The van der Waals surface area contributed by atoms with Gasteiger partial charge in [-0.3, -0.25) is 9.59 Å². The highest BCUT2D eigenvalue weighted by molar-refractivity contribution is 5.93. The van der Waals surface area contributed by atoms with Crippen LogP contribution in [0.25, 0.3) is 0 Å². The molecule has 0 unspecified atom stereocenters. The maximum Gasteiger partial charge on any atom is 0.308 e. The first-order chi connectivity index (χ1) is 9.65. The molecule has 3 heterocycles. The topological polar surface area (TPSA) is 70.8 Å². The largest absolute Gasteiger partial charge is 0.481 e. The van der Waals surface area contributed by atoms with Gasteiger partial charge in [-0.1, -0.05) is 0 Å². The van der Waals surface area contributed by atoms with Gasteiger partial charge in [0.1, 0.15) is 5.76 Å². The standard InChI is InChI=1S/C15H17NO4/c17-14(13-6-5-12(20-13)8-1-2-8)16-9-3-4-11(16)10(7-9)15(18)19/h5-6,8-11H,1-4,7H2,(H,18,19)/t9-,10-,11+/m1/s1. The van der Waals surface area contributed by atoms with E-state index in [0.717, 1.165) is 31.4 Å². The quantitative estimate of drug-likeness (QED) is 0.918. The SMILES string of the molecule is O=C(O)[C@@H]1C[C@H]2CC[C@@H]1N2C(=O)c1ccc(C2CC2)o1. The Morgan fingerprint density at radius 3 is 2.65 bits per heavy atom. The first kappa shape index (κ1) is 12.0. The van der Waals surface area contributed by atoms with E-state index in [-0.39, 0.29) is 18.0 Å². The molecule has 2 bridgehead atoms. The number of carbonyl (C=O) groups excluding carboxylic acids is 1. The molecule has 0 spiro atoms. The summed E-state index contributed by atoms with van der Waals surface area (Å²) >= 11 is 0. The minimum Gasteiger partial charge on any atom is -0.481 e. The van der Waals surface area contributed by atoms with Gasteiger partial charge in [0, 0.05) is 18.0 Å². The van der Waals surface area contributed by atoms with Crippen molar-refractivity contribution in [3.05, 3.63) is 23.7 Å². The van der Waals surface area contributed by atoms with E-state index < -0.39 is 11.9 Å². The average molecular weight is 275 g/mol. The molecule has 3 atom stereocenters. The van der Waals surface area contributed by atoms with E-state index in [0.29, 0.717) is 18.1 Å². The van der Waals surface area contributed by atoms with Crippen LogP contribution in [0.15, 0.2) is 16.5 Å². The molecule has 106 valence electrons. The molecule has 1 aromatic rings. The average Bonchev–Trinajstić information content (AvgIpc) is 2.90. The van der Waals surface area contributed by atoms with Gasteiger partial charge in [0.15, 0.2) is 5.76 Å². The van der Waals surface area contributed by atoms with E-state index in [1.54, 1.807) is 11.0 Å². The summed E-state index contributed by atoms with van der Waals surface area (Å²) in [7, 11) is 0. The third-order valence-corrected chi connectivity index (χ3v) is 4.91. The molecule has 0 aromatic carbocycles. The molecule has 5 heteroatoms. The van der Waals surface area contributed by atoms with Crippen LogP contribution in [0, 0.1) is 5.92 Å². The van der Waals surface area contributed by atoms with Gasteiger partial charge in [-0.25, -0.2) is 0 Å². The van der Waals surface area contributed by atoms with Crippen molar-refractivity contribution in [1.29, 1.82) is 0 Å². The van der Waals surface area contributed by atoms with Crippen LogP contribution >= 0.6 is 0 Å². The van der Waals surface area contributed by atoms with Crippen LogP contribution in [0.2, 0.25) is 0 Å². The van der Waals surface area contributed by atoms with E-state index in [4.69, 9.17) is 4.42 Å². The molecule has 0 radical (unpaired) electrons. The van der Waals surface area contributed by atoms with Crippen molar-refractivity contribution in [3.63, 3.8) is 0 Å². The van der Waals surface area contributed by atoms with Crippen molar-refractivity contribution in [1.82, 2.24) is 4.90 Å². The lowest BCUT2D eigenvalue weighted by Gasteiger charge is -2.21. The third kappa shape index (κ3) is 1.69. The summed E-state index contributed by atoms with van der Waals surface area (Å²) in [5, 5.41) is 9.23. The van der Waals surface area contributed by atoms with Crippen LogP contribution in [-0.2, 0) is 4.79 Å². The lowest BCUT2D eigenvalue weighted by Crippen LogP contribution is -2.37. The van der Waals surface area contributed by atoms with E-state index in [1.165, 1.54) is 0 Å². The molecular formula is C15H17NO4. The predicted molar refractivity (Wildman–Crippen MR) is 69.4 cm³/mol. The Labute approximate surface area is 116 Å². The summed E-state index contributed by atoms with van der Waals surface area (Å²) in [6.07, 6.45) is 4.57. The molecule has 4 rings (SSSR count). The monoisotopic (exact) mass is 275 g/mol. The molecule has 1 aliphatic carbocycles. The number of amides is 1. The number of rotatable bonds is 3. The molecule has 1 aromatic heterocycles. The number of carbonyl (C=O) groups is 2. The van der Waals surface area contributed by atoms with Crippen molar-refractivity contribution < 1.29 is 19.1 Å². The molecule has 1 saturated carbocycles. The summed E-state index contributed by atoms with van der Waals surface area (Å²) in [6, 6.07) is 3.55. The molecule has 2 saturated heterocycles.